The van der Waals surface area contributed by atoms with E-state index in [9.17, 15) is 112 Å². The number of rotatable bonds is 24. The number of aliphatic hydroxyl groups is 21. The maximum atomic E-state index is 16.6. The van der Waals surface area contributed by atoms with Crippen LogP contribution in [0.15, 0.2) is 36.0 Å². The maximum absolute atomic E-state index is 16.6. The lowest BCUT2D eigenvalue weighted by molar-refractivity contribution is -0.381. The number of fused-ring (bicyclic) bond motifs is 7. The van der Waals surface area contributed by atoms with Crippen LogP contribution in [0.4, 0.5) is 0 Å². The van der Waals surface area contributed by atoms with Crippen molar-refractivity contribution in [2.24, 2.45) is 50.2 Å². The first-order valence-electron chi connectivity index (χ1n) is 43.4. The number of esters is 2. The van der Waals surface area contributed by atoms with Crippen molar-refractivity contribution in [2.45, 2.75) is 386 Å². The molecule has 3 unspecified atom stereocenters. The SMILES string of the molecule is C=CC(C)(O)CC/C=C(\C)C(=O)O[C@H]1[C@H](O)[C@@H](CO[C@@H]2O[C@@H](C)[C@H](O)[C@@H](O)[C@H]2O)O[C@@H](OC(=O)[C@]23CCC(C)(C)C[C@H]2C2=CCC4[C@@]5(C)CC[C@H](O[C@@H]6O[C@H](CO[C@@H]7OC[C@H](O)[C@H](O)[C@H]7O[C@@H]7OC[C@@H](O)[C@H](O)[C@H]7O)[C@@H](O)[C@H](O)[C@H]6O)C(C)(C)C5CC[C@@]4(C)[C@]2(C)C[C@H]3O)[C@@H]1O[C@@H]1O[C@@H](C)[C@H](O[C@@H]2OC[C@@H](O)[C@H](O[C@@H]3OC[C@@H](O)[C@H](O)[C@H]3O)[C@H]2O)[C@@H](O)[C@H]1O. The van der Waals surface area contributed by atoms with Crippen LogP contribution in [0, 0.1) is 50.2 Å². The van der Waals surface area contributed by atoms with Crippen LogP contribution in [0.1, 0.15) is 147 Å². The van der Waals surface area contributed by atoms with Gasteiger partial charge in [0, 0.05) is 5.57 Å². The van der Waals surface area contributed by atoms with Crippen LogP contribution in [0.2, 0.25) is 0 Å². The molecule has 13 aliphatic rings. The molecule has 8 aliphatic heterocycles. The molecule has 710 valence electrons. The predicted octanol–water partition coefficient (Wildman–Crippen LogP) is -4.94. The highest BCUT2D eigenvalue weighted by Gasteiger charge is 2.73. The van der Waals surface area contributed by atoms with E-state index < -0.39 is 329 Å². The second-order valence-electron chi connectivity index (χ2n) is 39.2. The molecule has 40 heteroatoms. The molecule has 5 aliphatic carbocycles. The van der Waals surface area contributed by atoms with Crippen LogP contribution >= 0.6 is 0 Å². The van der Waals surface area contributed by atoms with Crippen molar-refractivity contribution in [3.63, 3.8) is 0 Å². The molecule has 46 atom stereocenters. The lowest BCUT2D eigenvalue weighted by Crippen LogP contribution is -2.69. The van der Waals surface area contributed by atoms with Crippen LogP contribution in [-0.4, -0.2) is 398 Å². The van der Waals surface area contributed by atoms with Crippen LogP contribution in [0.25, 0.3) is 0 Å². The lowest BCUT2D eigenvalue weighted by atomic mass is 9.33. The smallest absolute Gasteiger partial charge is 0.333 e. The Morgan fingerprint density at radius 3 is 1.64 bits per heavy atom. The fraction of sp³-hybridized carbons (Fsp3) is 0.905. The Labute approximate surface area is 718 Å². The van der Waals surface area contributed by atoms with Gasteiger partial charge in [-0.25, -0.2) is 4.79 Å². The molecule has 0 aromatic rings. The van der Waals surface area contributed by atoms with Gasteiger partial charge in [-0.1, -0.05) is 72.3 Å². The quantitative estimate of drug-likeness (QED) is 0.0186. The molecule has 0 amide bonds. The average Bonchev–Trinajstić information content (AvgIpc) is 0.668. The molecule has 0 radical (unpaired) electrons. The van der Waals surface area contributed by atoms with Crippen LogP contribution in [-0.2, 0) is 90.1 Å². The van der Waals surface area contributed by atoms with E-state index in [0.717, 1.165) is 5.57 Å². The lowest BCUT2D eigenvalue weighted by Gasteiger charge is -2.71. The summed E-state index contributed by atoms with van der Waals surface area (Å²) in [6.07, 6.45) is -55.8. The molecule has 0 spiro atoms. The minimum Gasteiger partial charge on any atom is -0.453 e. The summed E-state index contributed by atoms with van der Waals surface area (Å²) < 4.78 is 103. The molecule has 0 aromatic heterocycles. The van der Waals surface area contributed by atoms with Gasteiger partial charge in [-0.3, -0.25) is 4.79 Å². The monoisotopic (exact) mass is 1780 g/mol. The van der Waals surface area contributed by atoms with E-state index in [1.54, 1.807) is 0 Å². The Hall–Kier alpha value is -3.28. The molecule has 8 saturated heterocycles. The predicted molar refractivity (Wildman–Crippen MR) is 416 cm³/mol. The van der Waals surface area contributed by atoms with Gasteiger partial charge in [-0.05, 0) is 143 Å². The largest absolute Gasteiger partial charge is 0.453 e. The number of hydrogen-bond donors (Lipinski definition) is 21. The Morgan fingerprint density at radius 1 is 0.484 bits per heavy atom. The topological polar surface area (TPSA) is 616 Å². The molecule has 0 aromatic carbocycles. The average molecular weight is 1780 g/mol. The maximum Gasteiger partial charge on any atom is 0.333 e. The normalized spacial score (nSPS) is 51.5. The Balaban J connectivity index is 0.768. The van der Waals surface area contributed by atoms with Crippen molar-refractivity contribution in [1.29, 1.82) is 0 Å². The van der Waals surface area contributed by atoms with Gasteiger partial charge in [0.15, 0.2) is 56.2 Å². The second-order valence-corrected chi connectivity index (χ2v) is 39.2. The summed E-state index contributed by atoms with van der Waals surface area (Å²) in [5, 5.41) is 235. The highest BCUT2D eigenvalue weighted by atomic mass is 16.8. The minimum atomic E-state index is -2.21. The molecule has 4 saturated carbocycles. The third-order valence-corrected chi connectivity index (χ3v) is 30.3. The van der Waals surface area contributed by atoms with Gasteiger partial charge in [0.2, 0.25) is 6.29 Å². The Morgan fingerprint density at radius 2 is 1.00 bits per heavy atom. The van der Waals surface area contributed by atoms with Crippen molar-refractivity contribution < 1.29 is 197 Å². The van der Waals surface area contributed by atoms with Gasteiger partial charge < -0.3 is 188 Å². The molecule has 124 heavy (non-hydrogen) atoms. The number of ether oxygens (including phenoxy) is 17. The molecule has 13 rings (SSSR count). The molecule has 40 nitrogen and oxygen atoms in total. The van der Waals surface area contributed by atoms with Gasteiger partial charge >= 0.3 is 11.9 Å². The van der Waals surface area contributed by atoms with Crippen molar-refractivity contribution in [2.75, 3.05) is 39.6 Å². The fourth-order valence-corrected chi connectivity index (χ4v) is 22.2. The third kappa shape index (κ3) is 18.6. The van der Waals surface area contributed by atoms with E-state index in [-0.39, 0.29) is 43.1 Å². The van der Waals surface area contributed by atoms with Gasteiger partial charge in [-0.2, -0.15) is 0 Å². The second kappa shape index (κ2) is 38.0. The molecule has 8 heterocycles. The zero-order chi connectivity index (χ0) is 90.6. The zero-order valence-electron chi connectivity index (χ0n) is 71.8. The number of carbonyl (C=O) groups is 2. The molecular weight excluding hydrogens is 1650 g/mol. The van der Waals surface area contributed by atoms with Crippen LogP contribution < -0.4 is 0 Å². The summed E-state index contributed by atoms with van der Waals surface area (Å²) in [4.78, 5) is 31.3. The van der Waals surface area contributed by atoms with Crippen LogP contribution in [0.3, 0.4) is 0 Å². The number of hydrogen-bond acceptors (Lipinski definition) is 40. The van der Waals surface area contributed by atoms with Gasteiger partial charge in [-0.15, -0.1) is 6.58 Å². The summed E-state index contributed by atoms with van der Waals surface area (Å²) in [5.41, 5.74) is -5.31. The van der Waals surface area contributed by atoms with E-state index in [1.165, 1.54) is 39.8 Å². The van der Waals surface area contributed by atoms with Crippen molar-refractivity contribution >= 4 is 11.9 Å². The molecule has 12 fully saturated rings. The third-order valence-electron chi connectivity index (χ3n) is 30.3. The Kier molecular flexibility index (Phi) is 30.1. The minimum absolute atomic E-state index is 0.0307. The first-order chi connectivity index (χ1) is 58.1. The van der Waals surface area contributed by atoms with E-state index in [2.05, 4.69) is 61.1 Å². The van der Waals surface area contributed by atoms with Gasteiger partial charge in [0.1, 0.15) is 152 Å². The summed E-state index contributed by atoms with van der Waals surface area (Å²) in [6, 6.07) is 0. The van der Waals surface area contributed by atoms with E-state index in [1.807, 2.05) is 0 Å². The van der Waals surface area contributed by atoms with E-state index >= 15 is 4.79 Å². The summed E-state index contributed by atoms with van der Waals surface area (Å²) in [7, 11) is 0. The van der Waals surface area contributed by atoms with Gasteiger partial charge in [0.25, 0.3) is 0 Å². The summed E-state index contributed by atoms with van der Waals surface area (Å²) >= 11 is 0. The molecule has 0 bridgehead atoms. The molecular formula is C84H134O40. The fourth-order valence-electron chi connectivity index (χ4n) is 22.2. The van der Waals surface area contributed by atoms with Gasteiger partial charge in [0.05, 0.1) is 69.7 Å². The summed E-state index contributed by atoms with van der Waals surface area (Å²) in [5.74, 6) is -3.01. The highest BCUT2D eigenvalue weighted by molar-refractivity contribution is 5.88. The zero-order valence-corrected chi connectivity index (χ0v) is 71.8. The standard InChI is InChI=1S/C84H134O40/c1-13-80(9,107)20-14-15-33(2)68(105)119-65-53(95)43(32-112-69-59(101)54(96)48(90)34(3)114-69)117-76(67(65)123-73-61(103)56(98)63(35(4)115-73)120-72-62(104)64(41(88)30-110-72)121-70-57(99)49(91)38(85)27-108-70)124-77(106)84-24-23-78(5,6)25-37(84)36-16-17-45-81(10)21-19-47(79(7,8)44(81)18-22-82(45,11)83(36,12)26-46(84)89)118-74-60(102)55(97)52(94)42(116-74)31-113-75-66(51(93)40(87)29-111-75)122-71-58(100)50(92)39(86)28-109-71/h13,15-16,34-35,37-67,69-76,85-104,107H,1,14,17-32H2,2-12H3/b33-15+/t34-,35-,37-,38+,39+,40-,41+,42+,43+,44?,45?,46+,47-,48-,49-,50-,51-,52+,53+,54+,55-,56-,57+,58+,59+,60+,61+,62+,63-,64-,65-,66+,67+,69+,70-,71-,72-,73-,74-,75-,76-,80?,81-,82+,83+,84+/m0/s1. The molecule has 21 N–H and O–H groups in total. The van der Waals surface area contributed by atoms with Crippen molar-refractivity contribution in [3.8, 4) is 0 Å². The van der Waals surface area contributed by atoms with E-state index in [0.29, 0.717) is 44.9 Å². The number of aliphatic hydroxyl groups excluding tert-OH is 20. The summed E-state index contributed by atoms with van der Waals surface area (Å²) in [6.45, 7) is 21.0. The first kappa shape index (κ1) is 98.2. The van der Waals surface area contributed by atoms with Crippen molar-refractivity contribution in [3.05, 3.63) is 36.0 Å². The number of allylic oxidation sites excluding steroid dienone is 3. The first-order valence-corrected chi connectivity index (χ1v) is 43.4. The number of carbonyl (C=O) groups excluding carboxylic acids is 2. The van der Waals surface area contributed by atoms with Crippen LogP contribution in [0.5, 0.6) is 0 Å². The van der Waals surface area contributed by atoms with Crippen molar-refractivity contribution in [1.82, 2.24) is 0 Å². The highest BCUT2D eigenvalue weighted by Crippen LogP contribution is 2.76. The Bertz CT molecular complexity index is 3690. The van der Waals surface area contributed by atoms with E-state index in [4.69, 9.17) is 80.5 Å².